The van der Waals surface area contributed by atoms with Crippen LogP contribution in [0.3, 0.4) is 0 Å². The highest BCUT2D eigenvalue weighted by molar-refractivity contribution is 5.32. The van der Waals surface area contributed by atoms with Gasteiger partial charge >= 0.3 is 0 Å². The molecule has 0 saturated carbocycles. The van der Waals surface area contributed by atoms with Crippen molar-refractivity contribution in [3.63, 3.8) is 0 Å². The Morgan fingerprint density at radius 2 is 2.38 bits per heavy atom. The summed E-state index contributed by atoms with van der Waals surface area (Å²) < 4.78 is 2.03. The molecule has 2 heterocycles. The number of aromatic nitrogens is 3. The zero-order chi connectivity index (χ0) is 14.7. The minimum Gasteiger partial charge on any atom is -0.308 e. The number of benzene rings is 1. The van der Waals surface area contributed by atoms with Gasteiger partial charge in [0.15, 0.2) is 5.82 Å². The van der Waals surface area contributed by atoms with Gasteiger partial charge in [0, 0.05) is 25.4 Å². The lowest BCUT2D eigenvalue weighted by molar-refractivity contribution is 0.357. The van der Waals surface area contributed by atoms with Gasteiger partial charge in [-0.25, -0.2) is 9.67 Å². The quantitative estimate of drug-likeness (QED) is 0.928. The second-order valence-electron chi connectivity index (χ2n) is 5.41. The van der Waals surface area contributed by atoms with E-state index in [2.05, 4.69) is 28.4 Å². The lowest BCUT2D eigenvalue weighted by Crippen LogP contribution is -2.37. The second kappa shape index (κ2) is 6.06. The van der Waals surface area contributed by atoms with E-state index in [1.807, 2.05) is 28.9 Å². The lowest BCUT2D eigenvalue weighted by atomic mass is 10.1. The molecule has 1 unspecified atom stereocenters. The van der Waals surface area contributed by atoms with Crippen LogP contribution < -0.4 is 5.32 Å². The molecule has 5 heteroatoms. The molecule has 1 atom stereocenters. The van der Waals surface area contributed by atoms with Gasteiger partial charge < -0.3 is 5.32 Å². The van der Waals surface area contributed by atoms with Crippen molar-refractivity contribution in [1.29, 1.82) is 5.26 Å². The Morgan fingerprint density at radius 3 is 3.19 bits per heavy atom. The van der Waals surface area contributed by atoms with Crippen LogP contribution in [0.5, 0.6) is 0 Å². The van der Waals surface area contributed by atoms with E-state index in [-0.39, 0.29) is 0 Å². The Hall–Kier alpha value is -2.19. The SMILES string of the molecule is CCc1nc2n(n1)CC(NCc1cccc(C#N)c1)CC2. The normalized spacial score (nSPS) is 17.2. The molecule has 5 nitrogen and oxygen atoms in total. The summed E-state index contributed by atoms with van der Waals surface area (Å²) in [5, 5.41) is 17.0. The molecule has 0 radical (unpaired) electrons. The molecule has 3 rings (SSSR count). The summed E-state index contributed by atoms with van der Waals surface area (Å²) in [6.45, 7) is 3.74. The fourth-order valence-corrected chi connectivity index (χ4v) is 2.69. The summed E-state index contributed by atoms with van der Waals surface area (Å²) >= 11 is 0. The van der Waals surface area contributed by atoms with Crippen molar-refractivity contribution >= 4 is 0 Å². The molecule has 0 amide bonds. The maximum Gasteiger partial charge on any atom is 0.150 e. The zero-order valence-electron chi connectivity index (χ0n) is 12.2. The average molecular weight is 281 g/mol. The molecule has 21 heavy (non-hydrogen) atoms. The second-order valence-corrected chi connectivity index (χ2v) is 5.41. The number of nitriles is 1. The number of nitrogens with zero attached hydrogens (tertiary/aromatic N) is 4. The Balaban J connectivity index is 1.60. The van der Waals surface area contributed by atoms with Gasteiger partial charge in [-0.05, 0) is 24.1 Å². The predicted octanol–water partition coefficient (Wildman–Crippen LogP) is 1.82. The van der Waals surface area contributed by atoms with Gasteiger partial charge in [-0.15, -0.1) is 0 Å². The van der Waals surface area contributed by atoms with Gasteiger partial charge in [-0.1, -0.05) is 19.1 Å². The van der Waals surface area contributed by atoms with Crippen LogP contribution in [0.25, 0.3) is 0 Å². The van der Waals surface area contributed by atoms with E-state index in [9.17, 15) is 0 Å². The number of rotatable bonds is 4. The van der Waals surface area contributed by atoms with Crippen molar-refractivity contribution in [2.45, 2.75) is 45.3 Å². The Morgan fingerprint density at radius 1 is 1.48 bits per heavy atom. The van der Waals surface area contributed by atoms with Gasteiger partial charge in [-0.3, -0.25) is 0 Å². The molecule has 1 N–H and O–H groups in total. The minimum absolute atomic E-state index is 0.412. The van der Waals surface area contributed by atoms with Crippen LogP contribution in [0, 0.1) is 11.3 Å². The summed E-state index contributed by atoms with van der Waals surface area (Å²) in [5.41, 5.74) is 1.86. The first-order valence-electron chi connectivity index (χ1n) is 7.43. The van der Waals surface area contributed by atoms with Crippen molar-refractivity contribution in [2.75, 3.05) is 0 Å². The Kier molecular flexibility index (Phi) is 3.98. The molecule has 108 valence electrons. The van der Waals surface area contributed by atoms with Crippen LogP contribution >= 0.6 is 0 Å². The van der Waals surface area contributed by atoms with Gasteiger partial charge in [0.05, 0.1) is 18.2 Å². The van der Waals surface area contributed by atoms with Gasteiger partial charge in [-0.2, -0.15) is 10.4 Å². The highest BCUT2D eigenvalue weighted by Crippen LogP contribution is 2.14. The highest BCUT2D eigenvalue weighted by Gasteiger charge is 2.20. The number of hydrogen-bond donors (Lipinski definition) is 1. The molecular weight excluding hydrogens is 262 g/mol. The average Bonchev–Trinajstić information content (AvgIpc) is 2.95. The van der Waals surface area contributed by atoms with Gasteiger partial charge in [0.1, 0.15) is 5.82 Å². The van der Waals surface area contributed by atoms with Crippen LogP contribution in [-0.2, 0) is 25.9 Å². The highest BCUT2D eigenvalue weighted by atomic mass is 15.4. The molecule has 1 aromatic carbocycles. The van der Waals surface area contributed by atoms with Crippen LogP contribution in [0.1, 0.15) is 36.1 Å². The maximum absolute atomic E-state index is 8.92. The first-order valence-corrected chi connectivity index (χ1v) is 7.43. The van der Waals surface area contributed by atoms with Crippen molar-refractivity contribution in [3.05, 3.63) is 47.0 Å². The first-order chi connectivity index (χ1) is 10.3. The molecule has 2 aromatic rings. The largest absolute Gasteiger partial charge is 0.308 e. The fraction of sp³-hybridized carbons (Fsp3) is 0.438. The number of fused-ring (bicyclic) bond motifs is 1. The summed E-state index contributed by atoms with van der Waals surface area (Å²) in [4.78, 5) is 4.53. The molecule has 0 saturated heterocycles. The molecule has 1 aliphatic rings. The number of hydrogen-bond acceptors (Lipinski definition) is 4. The summed E-state index contributed by atoms with van der Waals surface area (Å²) in [6.07, 6.45) is 2.95. The molecule has 0 spiro atoms. The van der Waals surface area contributed by atoms with E-state index in [0.29, 0.717) is 11.6 Å². The van der Waals surface area contributed by atoms with Crippen molar-refractivity contribution < 1.29 is 0 Å². The van der Waals surface area contributed by atoms with E-state index < -0.39 is 0 Å². The summed E-state index contributed by atoms with van der Waals surface area (Å²) in [7, 11) is 0. The summed E-state index contributed by atoms with van der Waals surface area (Å²) in [5.74, 6) is 2.05. The third-order valence-electron chi connectivity index (χ3n) is 3.87. The van der Waals surface area contributed by atoms with Gasteiger partial charge in [0.25, 0.3) is 0 Å². The minimum atomic E-state index is 0.412. The Labute approximate surface area is 124 Å². The third kappa shape index (κ3) is 3.11. The molecule has 1 aromatic heterocycles. The number of nitrogens with one attached hydrogen (secondary N) is 1. The van der Waals surface area contributed by atoms with Crippen LogP contribution in [0.15, 0.2) is 24.3 Å². The smallest absolute Gasteiger partial charge is 0.150 e. The Bertz CT molecular complexity index is 668. The van der Waals surface area contributed by atoms with E-state index in [1.165, 1.54) is 0 Å². The van der Waals surface area contributed by atoms with Crippen LogP contribution in [0.4, 0.5) is 0 Å². The van der Waals surface area contributed by atoms with E-state index >= 15 is 0 Å². The number of aryl methyl sites for hydroxylation is 2. The monoisotopic (exact) mass is 281 g/mol. The standard InChI is InChI=1S/C16H19N5/c1-2-15-19-16-7-6-14(11-21(16)20-15)18-10-13-5-3-4-12(8-13)9-17/h3-5,8,14,18H,2,6-7,10-11H2,1H3. The van der Waals surface area contributed by atoms with Crippen LogP contribution in [-0.4, -0.2) is 20.8 Å². The van der Waals surface area contributed by atoms with E-state index in [1.54, 1.807) is 0 Å². The molecular formula is C16H19N5. The molecule has 0 aliphatic carbocycles. The molecule has 0 fully saturated rings. The van der Waals surface area contributed by atoms with E-state index in [4.69, 9.17) is 5.26 Å². The van der Waals surface area contributed by atoms with Gasteiger partial charge in [0.2, 0.25) is 0 Å². The van der Waals surface area contributed by atoms with E-state index in [0.717, 1.165) is 49.6 Å². The van der Waals surface area contributed by atoms with Crippen molar-refractivity contribution in [3.8, 4) is 6.07 Å². The predicted molar refractivity (Wildman–Crippen MR) is 79.5 cm³/mol. The first kappa shape index (κ1) is 13.8. The molecule has 0 bridgehead atoms. The molecule has 1 aliphatic heterocycles. The zero-order valence-corrected chi connectivity index (χ0v) is 12.2. The van der Waals surface area contributed by atoms with Crippen molar-refractivity contribution in [1.82, 2.24) is 20.1 Å². The lowest BCUT2D eigenvalue weighted by Gasteiger charge is -2.23. The topological polar surface area (TPSA) is 66.5 Å². The third-order valence-corrected chi connectivity index (χ3v) is 3.87. The van der Waals surface area contributed by atoms with Crippen molar-refractivity contribution in [2.24, 2.45) is 0 Å². The van der Waals surface area contributed by atoms with Crippen LogP contribution in [0.2, 0.25) is 0 Å². The fourth-order valence-electron chi connectivity index (χ4n) is 2.69. The maximum atomic E-state index is 8.92. The summed E-state index contributed by atoms with van der Waals surface area (Å²) in [6, 6.07) is 10.3.